The van der Waals surface area contributed by atoms with E-state index in [0.717, 1.165) is 17.5 Å². The lowest BCUT2D eigenvalue weighted by molar-refractivity contribution is 0.112. The lowest BCUT2D eigenvalue weighted by Gasteiger charge is -2.21. The van der Waals surface area contributed by atoms with E-state index in [4.69, 9.17) is 5.10 Å². The zero-order valence-corrected chi connectivity index (χ0v) is 12.8. The van der Waals surface area contributed by atoms with Gasteiger partial charge in [-0.15, -0.1) is 0 Å². The van der Waals surface area contributed by atoms with Crippen molar-refractivity contribution in [1.29, 1.82) is 0 Å². The highest BCUT2D eigenvalue weighted by atomic mass is 16.1. The third-order valence-corrected chi connectivity index (χ3v) is 4.33. The van der Waals surface area contributed by atoms with Gasteiger partial charge in [-0.3, -0.25) is 9.48 Å². The Morgan fingerprint density at radius 1 is 1.10 bits per heavy atom. The third kappa shape index (κ3) is 2.92. The number of aryl methyl sites for hydroxylation is 2. The summed E-state index contributed by atoms with van der Waals surface area (Å²) < 4.78 is 2.02. The average molecular weight is 282 g/mol. The molecule has 0 saturated heterocycles. The summed E-state index contributed by atoms with van der Waals surface area (Å²) in [5.74, 6) is 0. The zero-order valence-electron chi connectivity index (χ0n) is 12.8. The van der Waals surface area contributed by atoms with Crippen LogP contribution in [0, 0.1) is 13.8 Å². The molecule has 110 valence electrons. The fraction of sp³-hybridized carbons (Fsp3) is 0.444. The molecule has 1 fully saturated rings. The van der Waals surface area contributed by atoms with Gasteiger partial charge < -0.3 is 0 Å². The van der Waals surface area contributed by atoms with Crippen LogP contribution in [0.15, 0.2) is 24.4 Å². The van der Waals surface area contributed by atoms with Gasteiger partial charge in [0.15, 0.2) is 6.29 Å². The van der Waals surface area contributed by atoms with Crippen LogP contribution in [0.1, 0.15) is 59.6 Å². The zero-order chi connectivity index (χ0) is 14.8. The van der Waals surface area contributed by atoms with E-state index in [0.29, 0.717) is 11.6 Å². The molecular weight excluding hydrogens is 260 g/mol. The summed E-state index contributed by atoms with van der Waals surface area (Å²) in [5.41, 5.74) is 4.97. The van der Waals surface area contributed by atoms with Crippen molar-refractivity contribution in [3.05, 3.63) is 41.1 Å². The van der Waals surface area contributed by atoms with Gasteiger partial charge in [-0.05, 0) is 38.8 Å². The predicted molar refractivity (Wildman–Crippen MR) is 84.6 cm³/mol. The molecule has 0 unspecified atom stereocenters. The standard InChI is InChI=1S/C18H22N2O/c1-13-8-14(2)10-15(9-13)18-16(12-21)11-20(19-18)17-6-4-3-5-7-17/h8-12,17H,3-7H2,1-2H3. The fourth-order valence-corrected chi connectivity index (χ4v) is 3.36. The van der Waals surface area contributed by atoms with Crippen molar-refractivity contribution in [3.63, 3.8) is 0 Å². The molecule has 0 N–H and O–H groups in total. The molecule has 1 aromatic carbocycles. The number of carbonyl (C=O) groups is 1. The van der Waals surface area contributed by atoms with Gasteiger partial charge in [0.05, 0.1) is 11.6 Å². The molecule has 0 atom stereocenters. The van der Waals surface area contributed by atoms with E-state index in [1.165, 1.54) is 43.2 Å². The van der Waals surface area contributed by atoms with Crippen molar-refractivity contribution >= 4 is 6.29 Å². The summed E-state index contributed by atoms with van der Waals surface area (Å²) in [4.78, 5) is 11.4. The average Bonchev–Trinajstić information content (AvgIpc) is 2.91. The first-order valence-corrected chi connectivity index (χ1v) is 7.80. The van der Waals surface area contributed by atoms with E-state index in [-0.39, 0.29) is 0 Å². The molecule has 1 heterocycles. The van der Waals surface area contributed by atoms with E-state index >= 15 is 0 Å². The van der Waals surface area contributed by atoms with Crippen molar-refractivity contribution in [2.24, 2.45) is 0 Å². The van der Waals surface area contributed by atoms with Gasteiger partial charge in [0.2, 0.25) is 0 Å². The Hall–Kier alpha value is -1.90. The Bertz CT molecular complexity index is 631. The molecular formula is C18H22N2O. The van der Waals surface area contributed by atoms with Crippen molar-refractivity contribution in [1.82, 2.24) is 9.78 Å². The molecule has 0 aliphatic heterocycles. The second-order valence-corrected chi connectivity index (χ2v) is 6.20. The Kier molecular flexibility index (Phi) is 3.91. The summed E-state index contributed by atoms with van der Waals surface area (Å²) in [7, 11) is 0. The number of hydrogen-bond donors (Lipinski definition) is 0. The van der Waals surface area contributed by atoms with E-state index < -0.39 is 0 Å². The van der Waals surface area contributed by atoms with E-state index in [9.17, 15) is 4.79 Å². The van der Waals surface area contributed by atoms with Crippen LogP contribution in [0.4, 0.5) is 0 Å². The summed E-state index contributed by atoms with van der Waals surface area (Å²) in [6.07, 6.45) is 9.05. The first kappa shape index (κ1) is 14.1. The van der Waals surface area contributed by atoms with Crippen LogP contribution in [-0.2, 0) is 0 Å². The van der Waals surface area contributed by atoms with Crippen molar-refractivity contribution in [2.75, 3.05) is 0 Å². The number of hydrogen-bond acceptors (Lipinski definition) is 2. The molecule has 0 spiro atoms. The van der Waals surface area contributed by atoms with Gasteiger partial charge in [-0.2, -0.15) is 5.10 Å². The number of nitrogens with zero attached hydrogens (tertiary/aromatic N) is 2. The molecule has 0 amide bonds. The SMILES string of the molecule is Cc1cc(C)cc(-c2nn(C3CCCCC3)cc2C=O)c1. The van der Waals surface area contributed by atoms with Crippen LogP contribution in [0.5, 0.6) is 0 Å². The smallest absolute Gasteiger partial charge is 0.153 e. The maximum absolute atomic E-state index is 11.4. The Morgan fingerprint density at radius 2 is 1.76 bits per heavy atom. The molecule has 1 aliphatic rings. The quantitative estimate of drug-likeness (QED) is 0.778. The van der Waals surface area contributed by atoms with Crippen LogP contribution >= 0.6 is 0 Å². The lowest BCUT2D eigenvalue weighted by Crippen LogP contribution is -2.13. The molecule has 0 radical (unpaired) electrons. The second kappa shape index (κ2) is 5.84. The number of benzene rings is 1. The lowest BCUT2D eigenvalue weighted by atomic mass is 9.96. The maximum atomic E-state index is 11.4. The topological polar surface area (TPSA) is 34.9 Å². The Labute approximate surface area is 126 Å². The number of rotatable bonds is 3. The first-order valence-electron chi connectivity index (χ1n) is 7.80. The third-order valence-electron chi connectivity index (χ3n) is 4.33. The summed E-state index contributed by atoms with van der Waals surface area (Å²) in [6, 6.07) is 6.81. The minimum Gasteiger partial charge on any atom is -0.298 e. The van der Waals surface area contributed by atoms with Crippen LogP contribution in [0.3, 0.4) is 0 Å². The molecule has 21 heavy (non-hydrogen) atoms. The predicted octanol–water partition coefficient (Wildman–Crippen LogP) is 4.48. The highest BCUT2D eigenvalue weighted by molar-refractivity contribution is 5.85. The molecule has 2 aromatic rings. The monoisotopic (exact) mass is 282 g/mol. The fourth-order valence-electron chi connectivity index (χ4n) is 3.36. The van der Waals surface area contributed by atoms with Crippen molar-refractivity contribution in [3.8, 4) is 11.3 Å². The van der Waals surface area contributed by atoms with Gasteiger partial charge in [0.1, 0.15) is 5.69 Å². The van der Waals surface area contributed by atoms with Crippen LogP contribution in [0.25, 0.3) is 11.3 Å². The minimum absolute atomic E-state index is 0.456. The van der Waals surface area contributed by atoms with E-state index in [1.807, 2.05) is 10.9 Å². The number of aromatic nitrogens is 2. The van der Waals surface area contributed by atoms with Crippen LogP contribution in [-0.4, -0.2) is 16.1 Å². The summed E-state index contributed by atoms with van der Waals surface area (Å²) in [5, 5.41) is 4.74. The van der Waals surface area contributed by atoms with Gasteiger partial charge in [0.25, 0.3) is 0 Å². The Morgan fingerprint density at radius 3 is 2.38 bits per heavy atom. The first-order chi connectivity index (χ1) is 10.2. The molecule has 3 nitrogen and oxygen atoms in total. The van der Waals surface area contributed by atoms with Crippen molar-refractivity contribution < 1.29 is 4.79 Å². The van der Waals surface area contributed by atoms with Gasteiger partial charge in [-0.1, -0.05) is 36.5 Å². The normalized spacial score (nSPS) is 16.1. The van der Waals surface area contributed by atoms with Gasteiger partial charge >= 0.3 is 0 Å². The molecule has 3 heteroatoms. The molecule has 0 bridgehead atoms. The van der Waals surface area contributed by atoms with E-state index in [1.54, 1.807) is 0 Å². The van der Waals surface area contributed by atoms with Gasteiger partial charge in [-0.25, -0.2) is 0 Å². The van der Waals surface area contributed by atoms with Crippen LogP contribution < -0.4 is 0 Å². The molecule has 1 saturated carbocycles. The second-order valence-electron chi connectivity index (χ2n) is 6.20. The summed E-state index contributed by atoms with van der Waals surface area (Å²) >= 11 is 0. The van der Waals surface area contributed by atoms with Crippen LogP contribution in [0.2, 0.25) is 0 Å². The molecule has 1 aromatic heterocycles. The highest BCUT2D eigenvalue weighted by Crippen LogP contribution is 2.30. The minimum atomic E-state index is 0.456. The Balaban J connectivity index is 2.01. The van der Waals surface area contributed by atoms with Crippen molar-refractivity contribution in [2.45, 2.75) is 52.0 Å². The van der Waals surface area contributed by atoms with Gasteiger partial charge in [0, 0.05) is 11.8 Å². The largest absolute Gasteiger partial charge is 0.298 e. The molecule has 3 rings (SSSR count). The number of aldehydes is 1. The number of carbonyl (C=O) groups excluding carboxylic acids is 1. The highest BCUT2D eigenvalue weighted by Gasteiger charge is 2.19. The maximum Gasteiger partial charge on any atom is 0.153 e. The van der Waals surface area contributed by atoms with E-state index in [2.05, 4.69) is 32.0 Å². The summed E-state index contributed by atoms with van der Waals surface area (Å²) in [6.45, 7) is 4.16. The molecule has 1 aliphatic carbocycles.